The molecule has 0 fully saturated rings. The van der Waals surface area contributed by atoms with E-state index in [1.165, 1.54) is 12.1 Å². The van der Waals surface area contributed by atoms with Gasteiger partial charge in [0, 0.05) is 36.4 Å². The molecule has 0 saturated carbocycles. The lowest BCUT2D eigenvalue weighted by molar-refractivity contribution is -0.274. The van der Waals surface area contributed by atoms with Gasteiger partial charge in [-0.05, 0) is 55.8 Å². The van der Waals surface area contributed by atoms with Crippen LogP contribution in [-0.4, -0.2) is 39.7 Å². The molecule has 8 heteroatoms. The monoisotopic (exact) mass is 391 g/mol. The summed E-state index contributed by atoms with van der Waals surface area (Å²) >= 11 is 0. The zero-order valence-corrected chi connectivity index (χ0v) is 15.4. The van der Waals surface area contributed by atoms with Crippen molar-refractivity contribution in [1.29, 1.82) is 0 Å². The number of aliphatic imine (C=N–C) groups is 1. The maximum atomic E-state index is 12.4. The molecule has 3 rings (SSSR count). The van der Waals surface area contributed by atoms with Gasteiger partial charge in [-0.2, -0.15) is 0 Å². The van der Waals surface area contributed by atoms with Crippen LogP contribution in [0.1, 0.15) is 31.1 Å². The summed E-state index contributed by atoms with van der Waals surface area (Å²) in [7, 11) is 0. The Bertz CT molecular complexity index is 857. The average Bonchev–Trinajstić information content (AvgIpc) is 2.61. The summed E-state index contributed by atoms with van der Waals surface area (Å²) < 4.78 is 41.1. The maximum absolute atomic E-state index is 12.4. The van der Waals surface area contributed by atoms with Crippen LogP contribution >= 0.6 is 0 Å². The smallest absolute Gasteiger partial charge is 0.406 e. The molecule has 0 radical (unpaired) electrons. The van der Waals surface area contributed by atoms with Gasteiger partial charge in [0.1, 0.15) is 11.9 Å². The predicted molar refractivity (Wildman–Crippen MR) is 99.6 cm³/mol. The van der Waals surface area contributed by atoms with Crippen LogP contribution in [-0.2, 0) is 0 Å². The number of hydrogen-bond donors (Lipinski definition) is 1. The van der Waals surface area contributed by atoms with Crippen LogP contribution in [0.3, 0.4) is 0 Å². The number of alkyl halides is 3. The summed E-state index contributed by atoms with van der Waals surface area (Å²) in [5.74, 6) is -0.292. The van der Waals surface area contributed by atoms with Gasteiger partial charge in [-0.1, -0.05) is 6.07 Å². The number of pyridine rings is 1. The van der Waals surface area contributed by atoms with E-state index in [1.807, 2.05) is 11.0 Å². The molecule has 0 bridgehead atoms. The first kappa shape index (κ1) is 19.9. The van der Waals surface area contributed by atoms with E-state index in [9.17, 15) is 18.3 Å². The molecule has 1 atom stereocenters. The first-order valence-electron chi connectivity index (χ1n) is 8.61. The van der Waals surface area contributed by atoms with Gasteiger partial charge in [-0.15, -0.1) is 13.2 Å². The normalized spacial score (nSPS) is 17.4. The summed E-state index contributed by atoms with van der Waals surface area (Å²) in [6.07, 6.45) is 1.61. The highest BCUT2D eigenvalue weighted by Crippen LogP contribution is 2.35. The third kappa shape index (κ3) is 5.10. The summed E-state index contributed by atoms with van der Waals surface area (Å²) in [6, 6.07) is 9.30. The van der Waals surface area contributed by atoms with Crippen LogP contribution in [0, 0.1) is 0 Å². The third-order valence-electron chi connectivity index (χ3n) is 3.99. The molecule has 2 aromatic rings. The van der Waals surface area contributed by atoms with Crippen LogP contribution in [0.4, 0.5) is 13.2 Å². The molecule has 148 valence electrons. The first-order valence-corrected chi connectivity index (χ1v) is 8.61. The van der Waals surface area contributed by atoms with Crippen molar-refractivity contribution < 1.29 is 23.0 Å². The fraction of sp³-hybridized carbons (Fsp3) is 0.300. The fourth-order valence-corrected chi connectivity index (χ4v) is 2.98. The van der Waals surface area contributed by atoms with Gasteiger partial charge in [-0.3, -0.25) is 9.98 Å². The summed E-state index contributed by atoms with van der Waals surface area (Å²) in [6.45, 7) is 3.63. The highest BCUT2D eigenvalue weighted by atomic mass is 19.4. The second-order valence-electron chi connectivity index (χ2n) is 7.02. The standard InChI is InChI=1S/C20H20F3N3O2/c1-19(2,27)13-26-17(9-11-25-18(26)15-4-3-10-24-12-15)14-5-7-16(8-6-14)28-20(21,22)23/h3-12,18,27H,13H2,1-2H3. The number of nitrogens with zero attached hydrogens (tertiary/aromatic N) is 3. The Kier molecular flexibility index (Phi) is 5.42. The number of rotatable bonds is 5. The van der Waals surface area contributed by atoms with Crippen molar-refractivity contribution in [2.45, 2.75) is 32.0 Å². The zero-order valence-electron chi connectivity index (χ0n) is 15.4. The van der Waals surface area contributed by atoms with Crippen LogP contribution in [0.15, 0.2) is 59.9 Å². The number of allylic oxidation sites excluding steroid dienone is 1. The zero-order chi connectivity index (χ0) is 20.4. The number of β-amino-alcohol motifs (C(OH)–C–C–N with tert-alkyl or cyclic N) is 1. The first-order chi connectivity index (χ1) is 13.1. The predicted octanol–water partition coefficient (Wildman–Crippen LogP) is 4.18. The Balaban J connectivity index is 1.93. The van der Waals surface area contributed by atoms with Crippen molar-refractivity contribution in [1.82, 2.24) is 9.88 Å². The van der Waals surface area contributed by atoms with E-state index >= 15 is 0 Å². The molecule has 1 aliphatic rings. The second-order valence-corrected chi connectivity index (χ2v) is 7.02. The van der Waals surface area contributed by atoms with Crippen molar-refractivity contribution in [2.24, 2.45) is 4.99 Å². The van der Waals surface area contributed by atoms with E-state index in [2.05, 4.69) is 14.7 Å². The van der Waals surface area contributed by atoms with Gasteiger partial charge in [0.25, 0.3) is 0 Å². The fourth-order valence-electron chi connectivity index (χ4n) is 2.98. The van der Waals surface area contributed by atoms with E-state index in [0.29, 0.717) is 5.56 Å². The van der Waals surface area contributed by atoms with Crippen molar-refractivity contribution in [3.63, 3.8) is 0 Å². The summed E-state index contributed by atoms with van der Waals surface area (Å²) in [5, 5.41) is 10.4. The van der Waals surface area contributed by atoms with Crippen molar-refractivity contribution in [3.8, 4) is 5.75 Å². The van der Waals surface area contributed by atoms with Crippen LogP contribution < -0.4 is 4.74 Å². The molecule has 5 nitrogen and oxygen atoms in total. The number of benzene rings is 1. The Morgan fingerprint density at radius 1 is 1.14 bits per heavy atom. The van der Waals surface area contributed by atoms with E-state index in [0.717, 1.165) is 11.3 Å². The molecule has 0 spiro atoms. The van der Waals surface area contributed by atoms with Crippen LogP contribution in [0.25, 0.3) is 5.70 Å². The van der Waals surface area contributed by atoms with Gasteiger partial charge >= 0.3 is 6.36 Å². The molecule has 1 N–H and O–H groups in total. The molecule has 1 aromatic heterocycles. The van der Waals surface area contributed by atoms with Crippen molar-refractivity contribution in [3.05, 3.63) is 66.0 Å². The number of ether oxygens (including phenoxy) is 1. The Hall–Kier alpha value is -2.87. The molecule has 0 aliphatic carbocycles. The highest BCUT2D eigenvalue weighted by Gasteiger charge is 2.32. The minimum Gasteiger partial charge on any atom is -0.406 e. The van der Waals surface area contributed by atoms with E-state index in [-0.39, 0.29) is 12.3 Å². The number of halogens is 3. The molecule has 28 heavy (non-hydrogen) atoms. The lowest BCUT2D eigenvalue weighted by Crippen LogP contribution is -2.40. The van der Waals surface area contributed by atoms with Gasteiger partial charge in [0.2, 0.25) is 0 Å². The van der Waals surface area contributed by atoms with E-state index < -0.39 is 18.1 Å². The van der Waals surface area contributed by atoms with Gasteiger partial charge in [0.05, 0.1) is 5.60 Å². The maximum Gasteiger partial charge on any atom is 0.573 e. The van der Waals surface area contributed by atoms with Crippen LogP contribution in [0.2, 0.25) is 0 Å². The molecule has 1 aliphatic heterocycles. The average molecular weight is 391 g/mol. The van der Waals surface area contributed by atoms with E-state index in [4.69, 9.17) is 0 Å². The summed E-state index contributed by atoms with van der Waals surface area (Å²) in [5.41, 5.74) is 1.22. The second kappa shape index (κ2) is 7.63. The Morgan fingerprint density at radius 3 is 2.43 bits per heavy atom. The topological polar surface area (TPSA) is 58.0 Å². The van der Waals surface area contributed by atoms with Crippen molar-refractivity contribution >= 4 is 11.9 Å². The minimum absolute atomic E-state index is 0.260. The molecule has 0 saturated heterocycles. The quantitative estimate of drug-likeness (QED) is 0.831. The molecular weight excluding hydrogens is 371 g/mol. The van der Waals surface area contributed by atoms with Gasteiger partial charge < -0.3 is 14.7 Å². The number of hydrogen-bond acceptors (Lipinski definition) is 5. The minimum atomic E-state index is -4.74. The van der Waals surface area contributed by atoms with Crippen LogP contribution in [0.5, 0.6) is 5.75 Å². The van der Waals surface area contributed by atoms with Gasteiger partial charge in [-0.25, -0.2) is 0 Å². The Labute approximate surface area is 160 Å². The molecular formula is C20H20F3N3O2. The van der Waals surface area contributed by atoms with E-state index in [1.54, 1.807) is 56.7 Å². The summed E-state index contributed by atoms with van der Waals surface area (Å²) in [4.78, 5) is 10.5. The highest BCUT2D eigenvalue weighted by molar-refractivity contribution is 5.86. The number of aliphatic hydroxyl groups is 1. The molecule has 1 unspecified atom stereocenters. The lowest BCUT2D eigenvalue weighted by atomic mass is 10.0. The molecule has 0 amide bonds. The van der Waals surface area contributed by atoms with Crippen molar-refractivity contribution in [2.75, 3.05) is 6.54 Å². The third-order valence-corrected chi connectivity index (χ3v) is 3.99. The number of aromatic nitrogens is 1. The van der Waals surface area contributed by atoms with Gasteiger partial charge in [0.15, 0.2) is 0 Å². The Morgan fingerprint density at radius 2 is 1.86 bits per heavy atom. The lowest BCUT2D eigenvalue weighted by Gasteiger charge is -2.38. The molecule has 2 heterocycles. The SMILES string of the molecule is CC(C)(O)CN1C(c2ccc(OC(F)(F)F)cc2)=CC=NC1c1cccnc1. The largest absolute Gasteiger partial charge is 0.573 e. The molecule has 1 aromatic carbocycles.